The van der Waals surface area contributed by atoms with E-state index in [4.69, 9.17) is 9.15 Å². The predicted octanol–water partition coefficient (Wildman–Crippen LogP) is 3.73. The summed E-state index contributed by atoms with van der Waals surface area (Å²) in [6, 6.07) is 14.8. The van der Waals surface area contributed by atoms with Crippen molar-refractivity contribution in [3.8, 4) is 11.5 Å². The summed E-state index contributed by atoms with van der Waals surface area (Å²) in [6.45, 7) is -0.124. The van der Waals surface area contributed by atoms with Crippen LogP contribution in [0.3, 0.4) is 0 Å². The molecule has 0 saturated carbocycles. The van der Waals surface area contributed by atoms with E-state index in [0.717, 1.165) is 15.6 Å². The monoisotopic (exact) mass is 398 g/mol. The highest BCUT2D eigenvalue weighted by atomic mass is 79.9. The van der Waals surface area contributed by atoms with E-state index in [1.165, 1.54) is 0 Å². The maximum absolute atomic E-state index is 12.2. The number of esters is 1. The van der Waals surface area contributed by atoms with Gasteiger partial charge in [-0.15, -0.1) is 10.2 Å². The number of para-hydroxylation sites is 1. The third-order valence-electron chi connectivity index (χ3n) is 3.53. The van der Waals surface area contributed by atoms with Crippen molar-refractivity contribution in [2.45, 2.75) is 6.61 Å². The topological polar surface area (TPSA) is 93.9 Å². The van der Waals surface area contributed by atoms with Crippen LogP contribution in [0.5, 0.6) is 0 Å². The van der Waals surface area contributed by atoms with Crippen LogP contribution in [0.4, 0.5) is 0 Å². The van der Waals surface area contributed by atoms with E-state index in [2.05, 4.69) is 36.3 Å². The maximum Gasteiger partial charge on any atom is 0.359 e. The molecule has 1 N–H and O–H groups in total. The van der Waals surface area contributed by atoms with Crippen molar-refractivity contribution in [3.05, 3.63) is 64.6 Å². The molecule has 7 nitrogen and oxygen atoms in total. The number of rotatable bonds is 4. The number of carbonyl (C=O) groups is 1. The number of hydrogen-bond donors (Lipinski definition) is 1. The Hall–Kier alpha value is -3.00. The first-order valence-corrected chi connectivity index (χ1v) is 8.18. The van der Waals surface area contributed by atoms with Crippen molar-refractivity contribution >= 4 is 32.8 Å². The summed E-state index contributed by atoms with van der Waals surface area (Å²) < 4.78 is 11.7. The molecule has 0 unspecified atom stereocenters. The number of nitrogens with zero attached hydrogens (tertiary/aromatic N) is 3. The average Bonchev–Trinajstić information content (AvgIpc) is 3.27. The minimum Gasteiger partial charge on any atom is -0.451 e. The fourth-order valence-corrected chi connectivity index (χ4v) is 2.76. The van der Waals surface area contributed by atoms with Gasteiger partial charge in [-0.3, -0.25) is 5.10 Å². The van der Waals surface area contributed by atoms with Crippen molar-refractivity contribution in [1.82, 2.24) is 20.4 Å². The molecule has 25 heavy (non-hydrogen) atoms. The molecular weight excluding hydrogens is 388 g/mol. The van der Waals surface area contributed by atoms with Crippen molar-refractivity contribution in [2.24, 2.45) is 0 Å². The number of aromatic nitrogens is 4. The highest BCUT2D eigenvalue weighted by molar-refractivity contribution is 9.10. The van der Waals surface area contributed by atoms with Gasteiger partial charge >= 0.3 is 5.97 Å². The first-order chi connectivity index (χ1) is 12.2. The zero-order valence-corrected chi connectivity index (χ0v) is 14.4. The summed E-state index contributed by atoms with van der Waals surface area (Å²) in [5.41, 5.74) is 1.77. The van der Waals surface area contributed by atoms with Crippen LogP contribution in [-0.4, -0.2) is 26.4 Å². The van der Waals surface area contributed by atoms with Gasteiger partial charge in [-0.1, -0.05) is 40.2 Å². The summed E-state index contributed by atoms with van der Waals surface area (Å²) in [5, 5.41) is 15.4. The molecule has 2 aromatic carbocycles. The van der Waals surface area contributed by atoms with Gasteiger partial charge in [0.05, 0.1) is 5.52 Å². The first-order valence-electron chi connectivity index (χ1n) is 7.39. The van der Waals surface area contributed by atoms with Gasteiger partial charge in [0.2, 0.25) is 5.89 Å². The zero-order chi connectivity index (χ0) is 17.2. The number of ether oxygens (including phenoxy) is 1. The molecule has 0 bridgehead atoms. The smallest absolute Gasteiger partial charge is 0.359 e. The first kappa shape index (κ1) is 15.5. The lowest BCUT2D eigenvalue weighted by Gasteiger charge is -1.99. The number of benzene rings is 2. The van der Waals surface area contributed by atoms with Crippen LogP contribution < -0.4 is 0 Å². The second-order valence-electron chi connectivity index (χ2n) is 5.21. The molecule has 0 saturated heterocycles. The third kappa shape index (κ3) is 3.16. The second-order valence-corrected chi connectivity index (χ2v) is 6.12. The lowest BCUT2D eigenvalue weighted by Crippen LogP contribution is -2.06. The van der Waals surface area contributed by atoms with E-state index in [0.29, 0.717) is 11.3 Å². The third-order valence-corrected chi connectivity index (χ3v) is 4.02. The summed E-state index contributed by atoms with van der Waals surface area (Å²) >= 11 is 3.39. The summed E-state index contributed by atoms with van der Waals surface area (Å²) in [6.07, 6.45) is 0. The quantitative estimate of drug-likeness (QED) is 0.526. The van der Waals surface area contributed by atoms with E-state index in [1.54, 1.807) is 6.07 Å². The van der Waals surface area contributed by atoms with Gasteiger partial charge in [-0.05, 0) is 24.3 Å². The van der Waals surface area contributed by atoms with E-state index >= 15 is 0 Å². The molecule has 0 aliphatic heterocycles. The number of halogens is 1. The Balaban J connectivity index is 1.47. The van der Waals surface area contributed by atoms with E-state index in [9.17, 15) is 4.79 Å². The zero-order valence-electron chi connectivity index (χ0n) is 12.8. The van der Waals surface area contributed by atoms with Gasteiger partial charge < -0.3 is 9.15 Å². The molecule has 0 spiro atoms. The van der Waals surface area contributed by atoms with Gasteiger partial charge in [0.1, 0.15) is 0 Å². The Morgan fingerprint density at radius 1 is 1.16 bits per heavy atom. The molecular formula is C17H11BrN4O3. The van der Waals surface area contributed by atoms with Crippen molar-refractivity contribution in [2.75, 3.05) is 0 Å². The van der Waals surface area contributed by atoms with Crippen LogP contribution in [0, 0.1) is 0 Å². The minimum atomic E-state index is -0.556. The van der Waals surface area contributed by atoms with Gasteiger partial charge in [-0.25, -0.2) is 4.79 Å². The van der Waals surface area contributed by atoms with Gasteiger partial charge in [0.25, 0.3) is 5.89 Å². The maximum atomic E-state index is 12.2. The van der Waals surface area contributed by atoms with Gasteiger partial charge in [0, 0.05) is 15.4 Å². The normalized spacial score (nSPS) is 10.9. The van der Waals surface area contributed by atoms with Crippen LogP contribution in [0.2, 0.25) is 0 Å². The fourth-order valence-electron chi connectivity index (χ4n) is 2.36. The highest BCUT2D eigenvalue weighted by Crippen LogP contribution is 2.22. The van der Waals surface area contributed by atoms with Crippen LogP contribution >= 0.6 is 15.9 Å². The molecule has 0 radical (unpaired) electrons. The largest absolute Gasteiger partial charge is 0.451 e. The standard InChI is InChI=1S/C17H11BrN4O3/c18-11-5-3-4-10(8-11)16-22-20-14(25-16)9-24-17(23)15-12-6-1-2-7-13(12)19-21-15/h1-8H,9H2,(H,19,21). The van der Waals surface area contributed by atoms with Crippen molar-refractivity contribution < 1.29 is 13.9 Å². The van der Waals surface area contributed by atoms with E-state index in [1.807, 2.05) is 42.5 Å². The van der Waals surface area contributed by atoms with Gasteiger partial charge in [0.15, 0.2) is 12.3 Å². The predicted molar refractivity (Wildman–Crippen MR) is 92.6 cm³/mol. The molecule has 0 aliphatic carbocycles. The summed E-state index contributed by atoms with van der Waals surface area (Å²) in [7, 11) is 0. The molecule has 0 aliphatic rings. The molecule has 124 valence electrons. The molecule has 0 atom stereocenters. The average molecular weight is 399 g/mol. The van der Waals surface area contributed by atoms with Crippen LogP contribution in [0.15, 0.2) is 57.4 Å². The Morgan fingerprint density at radius 2 is 2.04 bits per heavy atom. The number of carbonyl (C=O) groups excluding carboxylic acids is 1. The molecule has 0 fully saturated rings. The number of aromatic amines is 1. The SMILES string of the molecule is O=C(OCc1nnc(-c2cccc(Br)c2)o1)c1n[nH]c2ccccc12. The summed E-state index contributed by atoms with van der Waals surface area (Å²) in [4.78, 5) is 12.2. The number of nitrogens with one attached hydrogen (secondary N) is 1. The minimum absolute atomic E-state index is 0.124. The van der Waals surface area contributed by atoms with Crippen LogP contribution in [0.25, 0.3) is 22.4 Å². The number of H-pyrrole nitrogens is 1. The Bertz CT molecular complexity index is 1060. The van der Waals surface area contributed by atoms with Crippen LogP contribution in [-0.2, 0) is 11.3 Å². The van der Waals surface area contributed by atoms with E-state index in [-0.39, 0.29) is 18.2 Å². The van der Waals surface area contributed by atoms with Crippen molar-refractivity contribution in [1.29, 1.82) is 0 Å². The lowest BCUT2D eigenvalue weighted by atomic mass is 10.2. The number of fused-ring (bicyclic) bond motifs is 1. The number of hydrogen-bond acceptors (Lipinski definition) is 6. The lowest BCUT2D eigenvalue weighted by molar-refractivity contribution is 0.0434. The van der Waals surface area contributed by atoms with Crippen LogP contribution in [0.1, 0.15) is 16.4 Å². The molecule has 8 heteroatoms. The molecule has 0 amide bonds. The molecule has 2 aromatic heterocycles. The molecule has 4 rings (SSSR count). The van der Waals surface area contributed by atoms with E-state index < -0.39 is 5.97 Å². The Labute approximate surface area is 150 Å². The Kier molecular flexibility index (Phi) is 4.02. The Morgan fingerprint density at radius 3 is 2.92 bits per heavy atom. The van der Waals surface area contributed by atoms with Gasteiger partial charge in [-0.2, -0.15) is 5.10 Å². The second kappa shape index (κ2) is 6.48. The highest BCUT2D eigenvalue weighted by Gasteiger charge is 2.17. The summed E-state index contributed by atoms with van der Waals surface area (Å²) in [5.74, 6) is 0.0143. The molecule has 2 heterocycles. The fraction of sp³-hybridized carbons (Fsp3) is 0.0588. The molecule has 4 aromatic rings. The van der Waals surface area contributed by atoms with Crippen molar-refractivity contribution in [3.63, 3.8) is 0 Å².